The van der Waals surface area contributed by atoms with Crippen LogP contribution in [0.25, 0.3) is 43.1 Å². The lowest BCUT2D eigenvalue weighted by molar-refractivity contribution is 0.0763. The zero-order valence-corrected chi connectivity index (χ0v) is 26.6. The summed E-state index contributed by atoms with van der Waals surface area (Å²) >= 11 is 0. The van der Waals surface area contributed by atoms with Gasteiger partial charge >= 0.3 is 0 Å². The van der Waals surface area contributed by atoms with Gasteiger partial charge in [0.2, 0.25) is 0 Å². The smallest absolute Gasteiger partial charge is 0.258 e. The Kier molecular flexibility index (Phi) is 6.24. The van der Waals surface area contributed by atoms with Gasteiger partial charge in [-0.25, -0.2) is 0 Å². The Balaban J connectivity index is 1.37. The Morgan fingerprint density at radius 3 is 1.31 bits per heavy atom. The maximum absolute atomic E-state index is 13.5. The number of imide groups is 2. The van der Waals surface area contributed by atoms with Crippen molar-refractivity contribution in [1.82, 2.24) is 10.6 Å². The van der Waals surface area contributed by atoms with E-state index in [-0.39, 0.29) is 24.3 Å². The van der Waals surface area contributed by atoms with Crippen molar-refractivity contribution in [1.29, 1.82) is 0 Å². The van der Waals surface area contributed by atoms with Crippen molar-refractivity contribution in [3.63, 3.8) is 0 Å². The molecule has 7 aromatic carbocycles. The standard InChI is InChI=1S/C40H24N2O9/c43-37-25-10-8-24-34-30-18-28-32-26(38(44)42-40(28)46)9-7-23(36(32)34)33-29(17-27(39(45)41-37)31(25)35(24)33)50-21-5-1-3-19(15-21)48-13-11-47-12-14-49-20-4-2-6-22(16-20)51-30/h1-10,15-18H,11-14H2,(H,41,43,45)(H,42,44,46). The normalized spacial score (nSPS) is 15.8. The van der Waals surface area contributed by atoms with Crippen molar-refractivity contribution < 1.29 is 42.9 Å². The summed E-state index contributed by atoms with van der Waals surface area (Å²) in [6.45, 7) is 1.24. The van der Waals surface area contributed by atoms with Gasteiger partial charge in [0.25, 0.3) is 23.6 Å². The molecule has 4 amide bonds. The first-order chi connectivity index (χ1) is 24.9. The summed E-state index contributed by atoms with van der Waals surface area (Å²) in [6, 6.07) is 24.4. The van der Waals surface area contributed by atoms with E-state index in [0.717, 1.165) is 0 Å². The van der Waals surface area contributed by atoms with Gasteiger partial charge < -0.3 is 23.7 Å². The van der Waals surface area contributed by atoms with Crippen LogP contribution in [-0.2, 0) is 4.74 Å². The zero-order valence-electron chi connectivity index (χ0n) is 26.6. The minimum absolute atomic E-state index is 0.263. The van der Waals surface area contributed by atoms with Gasteiger partial charge in [-0.1, -0.05) is 24.3 Å². The second kappa shape index (κ2) is 10.9. The van der Waals surface area contributed by atoms with Gasteiger partial charge in [0.15, 0.2) is 0 Å². The predicted octanol–water partition coefficient (Wildman–Crippen LogP) is 6.88. The lowest BCUT2D eigenvalue weighted by Crippen LogP contribution is -2.35. The Labute approximate surface area is 287 Å². The molecule has 0 unspecified atom stereocenters. The van der Waals surface area contributed by atoms with Crippen LogP contribution < -0.4 is 29.6 Å². The zero-order chi connectivity index (χ0) is 34.4. The van der Waals surface area contributed by atoms with E-state index in [1.54, 1.807) is 84.9 Å². The van der Waals surface area contributed by atoms with E-state index in [9.17, 15) is 19.2 Å². The molecule has 0 aromatic heterocycles. The molecule has 4 heterocycles. The average Bonchev–Trinajstić information content (AvgIpc) is 3.12. The summed E-state index contributed by atoms with van der Waals surface area (Å²) in [6.07, 6.45) is 0. The van der Waals surface area contributed by atoms with Gasteiger partial charge in [-0.2, -0.15) is 0 Å². The summed E-state index contributed by atoms with van der Waals surface area (Å²) in [4.78, 5) is 53.5. The predicted molar refractivity (Wildman–Crippen MR) is 186 cm³/mol. The van der Waals surface area contributed by atoms with Crippen LogP contribution in [0.15, 0.2) is 84.9 Å². The molecule has 0 radical (unpaired) electrons. The van der Waals surface area contributed by atoms with Crippen molar-refractivity contribution in [2.75, 3.05) is 26.4 Å². The number of ether oxygens (including phenoxy) is 5. The van der Waals surface area contributed by atoms with Crippen LogP contribution in [0.5, 0.6) is 34.5 Å². The number of hydrogen-bond donors (Lipinski definition) is 2. The van der Waals surface area contributed by atoms with E-state index >= 15 is 0 Å². The molecule has 0 fully saturated rings. The summed E-state index contributed by atoms with van der Waals surface area (Å²) in [5.41, 5.74) is 1.18. The molecule has 248 valence electrons. The number of fused-ring (bicyclic) bond motifs is 6. The Bertz CT molecular complexity index is 2530. The molecule has 2 N–H and O–H groups in total. The summed E-state index contributed by atoms with van der Waals surface area (Å²) in [7, 11) is 0. The molecule has 11 heteroatoms. The first-order valence-electron chi connectivity index (χ1n) is 16.3. The summed E-state index contributed by atoms with van der Waals surface area (Å²) in [5, 5.41) is 9.49. The average molecular weight is 677 g/mol. The van der Waals surface area contributed by atoms with E-state index in [4.69, 9.17) is 23.7 Å². The molecule has 0 aliphatic carbocycles. The fourth-order valence-corrected chi connectivity index (χ4v) is 7.45. The van der Waals surface area contributed by atoms with Crippen molar-refractivity contribution in [2.45, 2.75) is 0 Å². The SMILES string of the molecule is O=C1NC(=O)c2cc3c4c5ccc6c7c(cc(c(c8ccc1c2c84)c75)Oc1cccc(c1)OCCOCCOc1cccc(c1)O3)C(=O)NC6=O. The lowest BCUT2D eigenvalue weighted by atomic mass is 9.82. The van der Waals surface area contributed by atoms with Crippen molar-refractivity contribution in [2.24, 2.45) is 0 Å². The van der Waals surface area contributed by atoms with Gasteiger partial charge in [0.05, 0.1) is 24.3 Å². The molecule has 0 atom stereocenters. The maximum atomic E-state index is 13.5. The van der Waals surface area contributed by atoms with E-state index in [1.807, 2.05) is 0 Å². The molecule has 11 nitrogen and oxygen atoms in total. The second-order valence-electron chi connectivity index (χ2n) is 12.4. The maximum Gasteiger partial charge on any atom is 0.258 e. The molecule has 4 aliphatic rings. The molecular weight excluding hydrogens is 652 g/mol. The minimum atomic E-state index is -0.560. The number of benzene rings is 7. The molecular formula is C40H24N2O9. The van der Waals surface area contributed by atoms with Crippen LogP contribution in [0.3, 0.4) is 0 Å². The Morgan fingerprint density at radius 1 is 0.412 bits per heavy atom. The molecule has 0 saturated carbocycles. The highest BCUT2D eigenvalue weighted by atomic mass is 16.5. The Morgan fingerprint density at radius 2 is 0.843 bits per heavy atom. The number of carbonyl (C=O) groups excluding carboxylic acids is 4. The van der Waals surface area contributed by atoms with Gasteiger partial charge in [-0.15, -0.1) is 0 Å². The van der Waals surface area contributed by atoms with Crippen LogP contribution in [0.1, 0.15) is 41.4 Å². The largest absolute Gasteiger partial charge is 0.491 e. The van der Waals surface area contributed by atoms with Crippen LogP contribution >= 0.6 is 0 Å². The first-order valence-corrected chi connectivity index (χ1v) is 16.3. The molecule has 0 spiro atoms. The van der Waals surface area contributed by atoms with Crippen molar-refractivity contribution >= 4 is 66.7 Å². The van der Waals surface area contributed by atoms with Gasteiger partial charge in [-0.3, -0.25) is 29.8 Å². The Hall–Kier alpha value is -6.72. The van der Waals surface area contributed by atoms with Crippen LogP contribution in [0, 0.1) is 0 Å². The molecule has 51 heavy (non-hydrogen) atoms. The molecule has 11 rings (SSSR count). The van der Waals surface area contributed by atoms with Gasteiger partial charge in [-0.05, 0) is 59.3 Å². The first kappa shape index (κ1) is 29.2. The highest BCUT2D eigenvalue weighted by molar-refractivity contribution is 6.43. The molecule has 4 aliphatic heterocycles. The second-order valence-corrected chi connectivity index (χ2v) is 12.4. The fraction of sp³-hybridized carbons (Fsp3) is 0.100. The van der Waals surface area contributed by atoms with E-state index in [2.05, 4.69) is 10.6 Å². The van der Waals surface area contributed by atoms with Crippen LogP contribution in [-0.4, -0.2) is 50.1 Å². The van der Waals surface area contributed by atoms with Crippen molar-refractivity contribution in [3.8, 4) is 34.5 Å². The summed E-state index contributed by atoms with van der Waals surface area (Å²) < 4.78 is 30.8. The minimum Gasteiger partial charge on any atom is -0.491 e. The molecule has 7 aromatic rings. The number of amides is 4. The van der Waals surface area contributed by atoms with Crippen LogP contribution in [0.4, 0.5) is 0 Å². The fourth-order valence-electron chi connectivity index (χ4n) is 7.45. The number of nitrogens with one attached hydrogen (secondary N) is 2. The third-order valence-corrected chi connectivity index (χ3v) is 9.52. The molecule has 0 saturated heterocycles. The number of carbonyl (C=O) groups is 4. The number of hydrogen-bond acceptors (Lipinski definition) is 9. The highest BCUT2D eigenvalue weighted by Crippen LogP contribution is 2.52. The van der Waals surface area contributed by atoms with E-state index in [1.165, 1.54) is 0 Å². The topological polar surface area (TPSA) is 138 Å². The van der Waals surface area contributed by atoms with Crippen molar-refractivity contribution in [3.05, 3.63) is 107 Å². The summed E-state index contributed by atoms with van der Waals surface area (Å²) in [5.74, 6) is 0.478. The third kappa shape index (κ3) is 4.41. The van der Waals surface area contributed by atoms with Gasteiger partial charge in [0, 0.05) is 55.6 Å². The van der Waals surface area contributed by atoms with Gasteiger partial charge in [0.1, 0.15) is 47.7 Å². The monoisotopic (exact) mass is 676 g/mol. The third-order valence-electron chi connectivity index (χ3n) is 9.52. The molecule has 10 bridgehead atoms. The van der Waals surface area contributed by atoms with E-state index in [0.29, 0.717) is 102 Å². The van der Waals surface area contributed by atoms with E-state index < -0.39 is 23.6 Å². The number of rotatable bonds is 0. The van der Waals surface area contributed by atoms with Crippen LogP contribution in [0.2, 0.25) is 0 Å². The highest BCUT2D eigenvalue weighted by Gasteiger charge is 2.34. The quantitative estimate of drug-likeness (QED) is 0.0762. The lowest BCUT2D eigenvalue weighted by Gasteiger charge is -2.26.